The number of rotatable bonds is 6. The smallest absolute Gasteiger partial charge is 0.265 e. The van der Waals surface area contributed by atoms with E-state index in [1.807, 2.05) is 18.2 Å². The largest absolute Gasteiger partial charge is 0.493 e. The molecule has 0 radical (unpaired) electrons. The number of nitrogens with zero attached hydrogens (tertiary/aromatic N) is 1. The molecule has 0 aliphatic heterocycles. The van der Waals surface area contributed by atoms with Crippen molar-refractivity contribution in [1.29, 1.82) is 0 Å². The first-order valence-corrected chi connectivity index (χ1v) is 6.38. The Kier molecular flexibility index (Phi) is 5.11. The van der Waals surface area contributed by atoms with Gasteiger partial charge in [-0.2, -0.15) is 0 Å². The van der Waals surface area contributed by atoms with Gasteiger partial charge in [-0.1, -0.05) is 6.07 Å². The van der Waals surface area contributed by atoms with Crippen LogP contribution in [0.15, 0.2) is 42.7 Å². The van der Waals surface area contributed by atoms with E-state index in [1.165, 1.54) is 0 Å². The highest BCUT2D eigenvalue weighted by Gasteiger charge is 2.06. The summed E-state index contributed by atoms with van der Waals surface area (Å²) in [6.45, 7) is 0.469. The van der Waals surface area contributed by atoms with Crippen molar-refractivity contribution in [2.75, 3.05) is 14.2 Å². The van der Waals surface area contributed by atoms with Gasteiger partial charge in [-0.3, -0.25) is 15.2 Å². The maximum atomic E-state index is 11.8. The number of hydrazine groups is 1. The number of carbonyl (C=O) groups is 1. The number of carbonyl (C=O) groups excluding carboxylic acids is 1. The van der Waals surface area contributed by atoms with Gasteiger partial charge in [0.15, 0.2) is 11.5 Å². The molecule has 1 amide bonds. The number of amides is 1. The van der Waals surface area contributed by atoms with Gasteiger partial charge in [0.2, 0.25) is 0 Å². The van der Waals surface area contributed by atoms with Crippen LogP contribution >= 0.6 is 0 Å². The average Bonchev–Trinajstić information content (AvgIpc) is 2.55. The summed E-state index contributed by atoms with van der Waals surface area (Å²) in [4.78, 5) is 15.7. The van der Waals surface area contributed by atoms with Crippen molar-refractivity contribution in [3.63, 3.8) is 0 Å². The molecule has 0 fully saturated rings. The highest BCUT2D eigenvalue weighted by Crippen LogP contribution is 2.27. The second-order valence-corrected chi connectivity index (χ2v) is 4.23. The summed E-state index contributed by atoms with van der Waals surface area (Å²) in [7, 11) is 3.17. The minimum absolute atomic E-state index is 0.210. The fraction of sp³-hybridized carbons (Fsp3) is 0.200. The lowest BCUT2D eigenvalue weighted by molar-refractivity contribution is 0.0932. The third-order valence-corrected chi connectivity index (χ3v) is 2.88. The molecule has 1 aromatic heterocycles. The Balaban J connectivity index is 1.90. The molecule has 110 valence electrons. The van der Waals surface area contributed by atoms with Gasteiger partial charge >= 0.3 is 0 Å². The van der Waals surface area contributed by atoms with E-state index in [4.69, 9.17) is 9.47 Å². The zero-order chi connectivity index (χ0) is 15.1. The van der Waals surface area contributed by atoms with Gasteiger partial charge in [0, 0.05) is 24.5 Å². The van der Waals surface area contributed by atoms with Crippen LogP contribution in [0.4, 0.5) is 0 Å². The second-order valence-electron chi connectivity index (χ2n) is 4.23. The minimum atomic E-state index is -0.210. The molecule has 21 heavy (non-hydrogen) atoms. The molecule has 0 unspecified atom stereocenters. The molecule has 0 aliphatic rings. The van der Waals surface area contributed by atoms with Gasteiger partial charge in [-0.15, -0.1) is 0 Å². The molecule has 6 heteroatoms. The third-order valence-electron chi connectivity index (χ3n) is 2.88. The molecule has 0 saturated carbocycles. The Bertz CT molecular complexity index is 602. The van der Waals surface area contributed by atoms with E-state index >= 15 is 0 Å². The van der Waals surface area contributed by atoms with Crippen LogP contribution in [-0.4, -0.2) is 25.1 Å². The molecule has 0 aliphatic carbocycles. The van der Waals surface area contributed by atoms with Crippen molar-refractivity contribution in [2.45, 2.75) is 6.54 Å². The SMILES string of the molecule is COc1ccc(CNNC(=O)c2ccncc2)cc1OC. The Morgan fingerprint density at radius 2 is 1.81 bits per heavy atom. The molecule has 1 heterocycles. The number of hydrogen-bond acceptors (Lipinski definition) is 5. The van der Waals surface area contributed by atoms with Gasteiger partial charge in [0.05, 0.1) is 14.2 Å². The highest BCUT2D eigenvalue weighted by molar-refractivity contribution is 5.93. The lowest BCUT2D eigenvalue weighted by Crippen LogP contribution is -2.36. The van der Waals surface area contributed by atoms with Crippen molar-refractivity contribution < 1.29 is 14.3 Å². The summed E-state index contributed by atoms with van der Waals surface area (Å²) in [6.07, 6.45) is 3.15. The van der Waals surface area contributed by atoms with Crippen molar-refractivity contribution >= 4 is 5.91 Å². The van der Waals surface area contributed by atoms with E-state index in [-0.39, 0.29) is 5.91 Å². The summed E-state index contributed by atoms with van der Waals surface area (Å²) in [5.74, 6) is 1.11. The maximum absolute atomic E-state index is 11.8. The summed E-state index contributed by atoms with van der Waals surface area (Å²) in [5.41, 5.74) is 7.00. The fourth-order valence-corrected chi connectivity index (χ4v) is 1.79. The van der Waals surface area contributed by atoms with E-state index in [0.29, 0.717) is 23.6 Å². The summed E-state index contributed by atoms with van der Waals surface area (Å²) in [5, 5.41) is 0. The Morgan fingerprint density at radius 3 is 2.48 bits per heavy atom. The number of ether oxygens (including phenoxy) is 2. The average molecular weight is 287 g/mol. The van der Waals surface area contributed by atoms with Crippen molar-refractivity contribution in [3.8, 4) is 11.5 Å². The number of benzene rings is 1. The molecule has 0 spiro atoms. The highest BCUT2D eigenvalue weighted by atomic mass is 16.5. The van der Waals surface area contributed by atoms with Crippen LogP contribution in [-0.2, 0) is 6.54 Å². The van der Waals surface area contributed by atoms with Crippen LogP contribution in [0.2, 0.25) is 0 Å². The molecule has 6 nitrogen and oxygen atoms in total. The summed E-state index contributed by atoms with van der Waals surface area (Å²) < 4.78 is 10.4. The van der Waals surface area contributed by atoms with Gasteiger partial charge in [0.1, 0.15) is 0 Å². The topological polar surface area (TPSA) is 72.5 Å². The molecule has 1 aromatic carbocycles. The van der Waals surface area contributed by atoms with E-state index in [0.717, 1.165) is 5.56 Å². The number of methoxy groups -OCH3 is 2. The molecule has 2 N–H and O–H groups in total. The normalized spacial score (nSPS) is 10.0. The molecule has 0 saturated heterocycles. The first kappa shape index (κ1) is 14.8. The lowest BCUT2D eigenvalue weighted by Gasteiger charge is -2.11. The van der Waals surface area contributed by atoms with E-state index < -0.39 is 0 Å². The molecule has 0 bridgehead atoms. The number of pyridine rings is 1. The first-order valence-electron chi connectivity index (χ1n) is 6.38. The van der Waals surface area contributed by atoms with Gasteiger partial charge in [0.25, 0.3) is 5.91 Å². The van der Waals surface area contributed by atoms with E-state index in [2.05, 4.69) is 15.8 Å². The fourth-order valence-electron chi connectivity index (χ4n) is 1.79. The lowest BCUT2D eigenvalue weighted by atomic mass is 10.2. The summed E-state index contributed by atoms with van der Waals surface area (Å²) >= 11 is 0. The predicted octanol–water partition coefficient (Wildman–Crippen LogP) is 1.53. The van der Waals surface area contributed by atoms with Crippen LogP contribution in [0.1, 0.15) is 15.9 Å². The van der Waals surface area contributed by atoms with Gasteiger partial charge < -0.3 is 9.47 Å². The van der Waals surface area contributed by atoms with Crippen molar-refractivity contribution in [1.82, 2.24) is 15.8 Å². The Hall–Kier alpha value is -2.60. The molecular weight excluding hydrogens is 270 g/mol. The van der Waals surface area contributed by atoms with Crippen LogP contribution < -0.4 is 20.3 Å². The van der Waals surface area contributed by atoms with Crippen LogP contribution in [0, 0.1) is 0 Å². The number of nitrogens with one attached hydrogen (secondary N) is 2. The third kappa shape index (κ3) is 3.93. The van der Waals surface area contributed by atoms with Crippen LogP contribution in [0.3, 0.4) is 0 Å². The standard InChI is InChI=1S/C15H17N3O3/c1-20-13-4-3-11(9-14(13)21-2)10-17-18-15(19)12-5-7-16-8-6-12/h3-9,17H,10H2,1-2H3,(H,18,19). The van der Waals surface area contributed by atoms with E-state index in [9.17, 15) is 4.79 Å². The molecule has 0 atom stereocenters. The Labute approximate surface area is 123 Å². The van der Waals surface area contributed by atoms with Crippen molar-refractivity contribution in [2.24, 2.45) is 0 Å². The van der Waals surface area contributed by atoms with Crippen LogP contribution in [0.25, 0.3) is 0 Å². The zero-order valence-corrected chi connectivity index (χ0v) is 11.9. The minimum Gasteiger partial charge on any atom is -0.493 e. The second kappa shape index (κ2) is 7.25. The predicted molar refractivity (Wildman–Crippen MR) is 78.1 cm³/mol. The first-order chi connectivity index (χ1) is 10.2. The Morgan fingerprint density at radius 1 is 1.10 bits per heavy atom. The van der Waals surface area contributed by atoms with Gasteiger partial charge in [-0.05, 0) is 29.8 Å². The van der Waals surface area contributed by atoms with E-state index in [1.54, 1.807) is 38.7 Å². The molecular formula is C15H17N3O3. The quantitative estimate of drug-likeness (QED) is 0.788. The van der Waals surface area contributed by atoms with Crippen LogP contribution in [0.5, 0.6) is 11.5 Å². The van der Waals surface area contributed by atoms with Gasteiger partial charge in [-0.25, -0.2) is 5.43 Å². The monoisotopic (exact) mass is 287 g/mol. The molecule has 2 aromatic rings. The van der Waals surface area contributed by atoms with Crippen molar-refractivity contribution in [3.05, 3.63) is 53.9 Å². The number of aromatic nitrogens is 1. The number of hydrogen-bond donors (Lipinski definition) is 2. The molecule has 2 rings (SSSR count). The maximum Gasteiger partial charge on any atom is 0.265 e. The summed E-state index contributed by atoms with van der Waals surface area (Å²) in [6, 6.07) is 8.86. The zero-order valence-electron chi connectivity index (χ0n) is 11.9.